The molecular weight excluding hydrogens is 264 g/mol. The van der Waals surface area contributed by atoms with Crippen molar-refractivity contribution in [1.82, 2.24) is 10.2 Å². The fraction of sp³-hybridized carbons (Fsp3) is 0.846. The summed E-state index contributed by atoms with van der Waals surface area (Å²) in [6, 6.07) is -0.869. The van der Waals surface area contributed by atoms with Crippen LogP contribution in [0.1, 0.15) is 33.6 Å². The number of carbonyl (C=O) groups excluding carboxylic acids is 1. The molecule has 2 atom stereocenters. The Kier molecular flexibility index (Phi) is 6.48. The van der Waals surface area contributed by atoms with Crippen molar-refractivity contribution >= 4 is 23.8 Å². The van der Waals surface area contributed by atoms with E-state index >= 15 is 0 Å². The summed E-state index contributed by atoms with van der Waals surface area (Å²) in [6.45, 7) is 6.70. The third-order valence-corrected chi connectivity index (χ3v) is 4.80. The molecule has 110 valence electrons. The van der Waals surface area contributed by atoms with E-state index in [1.807, 2.05) is 6.92 Å². The Balaban J connectivity index is 2.62. The van der Waals surface area contributed by atoms with Gasteiger partial charge in [0.2, 0.25) is 0 Å². The Morgan fingerprint density at radius 3 is 2.58 bits per heavy atom. The molecule has 1 aliphatic heterocycles. The average Bonchev–Trinajstić information content (AvgIpc) is 2.40. The van der Waals surface area contributed by atoms with E-state index in [4.69, 9.17) is 5.11 Å². The molecular formula is C13H24N2O3S. The lowest BCUT2D eigenvalue weighted by molar-refractivity contribution is -0.141. The molecule has 1 fully saturated rings. The maximum absolute atomic E-state index is 12.2. The molecule has 2 N–H and O–H groups in total. The van der Waals surface area contributed by atoms with Crippen LogP contribution in [0.25, 0.3) is 0 Å². The summed E-state index contributed by atoms with van der Waals surface area (Å²) in [5.74, 6) is 0.794. The van der Waals surface area contributed by atoms with E-state index in [0.717, 1.165) is 18.6 Å². The van der Waals surface area contributed by atoms with Gasteiger partial charge in [-0.1, -0.05) is 26.7 Å². The highest BCUT2D eigenvalue weighted by Gasteiger charge is 2.33. The molecule has 0 aromatic carbocycles. The second-order valence-corrected chi connectivity index (χ2v) is 6.09. The molecule has 19 heavy (non-hydrogen) atoms. The predicted octanol–water partition coefficient (Wildman–Crippen LogP) is 2.02. The van der Waals surface area contributed by atoms with E-state index in [9.17, 15) is 9.59 Å². The van der Waals surface area contributed by atoms with E-state index in [1.54, 1.807) is 11.8 Å². The maximum Gasteiger partial charge on any atom is 0.327 e. The first kappa shape index (κ1) is 16.1. The van der Waals surface area contributed by atoms with Gasteiger partial charge >= 0.3 is 12.0 Å². The van der Waals surface area contributed by atoms with Gasteiger partial charge in [-0.3, -0.25) is 0 Å². The van der Waals surface area contributed by atoms with Crippen molar-refractivity contribution in [2.24, 2.45) is 5.92 Å². The number of urea groups is 1. The van der Waals surface area contributed by atoms with Crippen LogP contribution >= 0.6 is 11.8 Å². The Hall–Kier alpha value is -0.910. The molecule has 1 saturated heterocycles. The molecule has 1 aliphatic rings. The second-order valence-electron chi connectivity index (χ2n) is 4.94. The van der Waals surface area contributed by atoms with Crippen molar-refractivity contribution in [2.45, 2.75) is 45.7 Å². The number of nitrogens with zero attached hydrogens (tertiary/aromatic N) is 1. The summed E-state index contributed by atoms with van der Waals surface area (Å²) in [7, 11) is 0. The molecule has 0 radical (unpaired) electrons. The minimum absolute atomic E-state index is 0.0755. The standard InChI is InChI=1S/C13H24N2O3S/c1-4-10(5-2)9(3)14-13(18)15-6-7-19-8-11(15)12(16)17/h9-11H,4-8H2,1-3H3,(H,14,18)(H,16,17). The normalized spacial score (nSPS) is 21.3. The van der Waals surface area contributed by atoms with Crippen molar-refractivity contribution < 1.29 is 14.7 Å². The largest absolute Gasteiger partial charge is 0.480 e. The molecule has 0 saturated carbocycles. The van der Waals surface area contributed by atoms with Crippen molar-refractivity contribution in [3.63, 3.8) is 0 Å². The first-order valence-electron chi connectivity index (χ1n) is 6.88. The molecule has 0 spiro atoms. The van der Waals surface area contributed by atoms with Gasteiger partial charge in [-0.15, -0.1) is 0 Å². The number of hydrogen-bond acceptors (Lipinski definition) is 3. The number of thioether (sulfide) groups is 1. The monoisotopic (exact) mass is 288 g/mol. The van der Waals surface area contributed by atoms with Crippen LogP contribution in [0.2, 0.25) is 0 Å². The van der Waals surface area contributed by atoms with Gasteiger partial charge in [-0.05, 0) is 12.8 Å². The number of carboxylic acid groups (broad SMARTS) is 1. The quantitative estimate of drug-likeness (QED) is 0.812. The van der Waals surface area contributed by atoms with E-state index in [0.29, 0.717) is 18.2 Å². The zero-order valence-corrected chi connectivity index (χ0v) is 12.7. The Morgan fingerprint density at radius 1 is 1.42 bits per heavy atom. The first-order chi connectivity index (χ1) is 9.01. The summed E-state index contributed by atoms with van der Waals surface area (Å²) < 4.78 is 0. The number of amides is 2. The van der Waals surface area contributed by atoms with Gasteiger partial charge in [-0.2, -0.15) is 11.8 Å². The smallest absolute Gasteiger partial charge is 0.327 e. The second kappa shape index (κ2) is 7.62. The van der Waals surface area contributed by atoms with Crippen LogP contribution in [0.15, 0.2) is 0 Å². The average molecular weight is 288 g/mol. The van der Waals surface area contributed by atoms with Crippen LogP contribution < -0.4 is 5.32 Å². The number of hydrogen-bond donors (Lipinski definition) is 2. The van der Waals surface area contributed by atoms with Gasteiger partial charge in [0.15, 0.2) is 0 Å². The van der Waals surface area contributed by atoms with Crippen LogP contribution in [0.3, 0.4) is 0 Å². The summed E-state index contributed by atoms with van der Waals surface area (Å²) in [5, 5.41) is 12.1. The zero-order chi connectivity index (χ0) is 14.4. The summed E-state index contributed by atoms with van der Waals surface area (Å²) in [4.78, 5) is 24.8. The van der Waals surface area contributed by atoms with Crippen molar-refractivity contribution in [3.05, 3.63) is 0 Å². The molecule has 2 unspecified atom stereocenters. The molecule has 2 amide bonds. The lowest BCUT2D eigenvalue weighted by Crippen LogP contribution is -2.55. The summed E-state index contributed by atoms with van der Waals surface area (Å²) in [5.41, 5.74) is 0. The molecule has 0 aliphatic carbocycles. The number of carbonyl (C=O) groups is 2. The predicted molar refractivity (Wildman–Crippen MR) is 77.5 cm³/mol. The van der Waals surface area contributed by atoms with Crippen LogP contribution in [0.5, 0.6) is 0 Å². The van der Waals surface area contributed by atoms with Crippen molar-refractivity contribution in [1.29, 1.82) is 0 Å². The highest BCUT2D eigenvalue weighted by Crippen LogP contribution is 2.18. The molecule has 0 aromatic rings. The summed E-state index contributed by atoms with van der Waals surface area (Å²) >= 11 is 1.58. The van der Waals surface area contributed by atoms with Crippen LogP contribution in [0.4, 0.5) is 4.79 Å². The lowest BCUT2D eigenvalue weighted by Gasteiger charge is -2.34. The lowest BCUT2D eigenvalue weighted by atomic mass is 9.96. The molecule has 1 rings (SSSR count). The molecule has 6 heteroatoms. The highest BCUT2D eigenvalue weighted by molar-refractivity contribution is 7.99. The number of nitrogens with one attached hydrogen (secondary N) is 1. The molecule has 5 nitrogen and oxygen atoms in total. The zero-order valence-electron chi connectivity index (χ0n) is 11.9. The van der Waals surface area contributed by atoms with E-state index < -0.39 is 12.0 Å². The van der Waals surface area contributed by atoms with Gasteiger partial charge in [0, 0.05) is 24.1 Å². The number of aliphatic carboxylic acids is 1. The maximum atomic E-state index is 12.2. The van der Waals surface area contributed by atoms with Gasteiger partial charge in [-0.25, -0.2) is 9.59 Å². The van der Waals surface area contributed by atoms with E-state index in [-0.39, 0.29) is 12.1 Å². The summed E-state index contributed by atoms with van der Waals surface area (Å²) in [6.07, 6.45) is 2.02. The fourth-order valence-electron chi connectivity index (χ4n) is 2.44. The van der Waals surface area contributed by atoms with Crippen molar-refractivity contribution in [3.8, 4) is 0 Å². The van der Waals surface area contributed by atoms with Gasteiger partial charge in [0.25, 0.3) is 0 Å². The van der Waals surface area contributed by atoms with Crippen molar-refractivity contribution in [2.75, 3.05) is 18.1 Å². The van der Waals surface area contributed by atoms with Gasteiger partial charge < -0.3 is 15.3 Å². The van der Waals surface area contributed by atoms with Crippen LogP contribution in [0, 0.1) is 5.92 Å². The number of carboxylic acids is 1. The highest BCUT2D eigenvalue weighted by atomic mass is 32.2. The van der Waals surface area contributed by atoms with Crippen LogP contribution in [-0.4, -0.2) is 52.1 Å². The Bertz CT molecular complexity index is 321. The third-order valence-electron chi connectivity index (χ3n) is 3.78. The molecule has 0 aromatic heterocycles. The fourth-order valence-corrected chi connectivity index (χ4v) is 3.48. The van der Waals surface area contributed by atoms with E-state index in [2.05, 4.69) is 19.2 Å². The minimum Gasteiger partial charge on any atom is -0.480 e. The molecule has 1 heterocycles. The van der Waals surface area contributed by atoms with Crippen LogP contribution in [-0.2, 0) is 4.79 Å². The Morgan fingerprint density at radius 2 is 2.05 bits per heavy atom. The molecule has 0 bridgehead atoms. The van der Waals surface area contributed by atoms with E-state index in [1.165, 1.54) is 4.90 Å². The SMILES string of the molecule is CCC(CC)C(C)NC(=O)N1CCSCC1C(=O)O. The topological polar surface area (TPSA) is 69.6 Å². The van der Waals surface area contributed by atoms with Gasteiger partial charge in [0.05, 0.1) is 0 Å². The Labute approximate surface area is 119 Å². The first-order valence-corrected chi connectivity index (χ1v) is 8.04. The van der Waals surface area contributed by atoms with Gasteiger partial charge in [0.1, 0.15) is 6.04 Å². The third kappa shape index (κ3) is 4.30. The minimum atomic E-state index is -0.919. The number of rotatable bonds is 5.